The summed E-state index contributed by atoms with van der Waals surface area (Å²) in [7, 11) is 7.59. The van der Waals surface area contributed by atoms with Gasteiger partial charge in [-0.15, -0.1) is 0 Å². The van der Waals surface area contributed by atoms with Gasteiger partial charge in [0.1, 0.15) is 5.82 Å². The third kappa shape index (κ3) is 4.74. The molecule has 3 aromatic rings. The molecule has 3 aromatic carbocycles. The minimum Gasteiger partial charge on any atom is -0.493 e. The van der Waals surface area contributed by atoms with Gasteiger partial charge in [0.15, 0.2) is 23.0 Å². The Bertz CT molecular complexity index is 1360. The van der Waals surface area contributed by atoms with Crippen molar-refractivity contribution in [3.8, 4) is 23.0 Å². The topological polar surface area (TPSA) is 86.3 Å². The molecule has 0 unspecified atom stereocenters. The number of amides is 2. The standard InChI is InChI=1S/C27H26ClFN2O6/c1-31-25(14-6-9-20(34-2)21(10-14)35-3)24(26(32)30-15-7-8-19(29)18(28)11-15)16-12-22(36-4)23(37-5)13-17(16)27(31)33/h6-13,24-25H,1-5H3,(H,30,32)/t24-,25+/m0/s1. The van der Waals surface area contributed by atoms with E-state index in [0.29, 0.717) is 45.4 Å². The molecular weight excluding hydrogens is 503 g/mol. The zero-order valence-electron chi connectivity index (χ0n) is 20.9. The molecule has 1 heterocycles. The van der Waals surface area contributed by atoms with Crippen LogP contribution in [0.3, 0.4) is 0 Å². The summed E-state index contributed by atoms with van der Waals surface area (Å²) in [4.78, 5) is 28.9. The van der Waals surface area contributed by atoms with Gasteiger partial charge in [-0.2, -0.15) is 0 Å². The highest BCUT2D eigenvalue weighted by Gasteiger charge is 2.44. The summed E-state index contributed by atoms with van der Waals surface area (Å²) in [6, 6.07) is 11.6. The molecule has 2 atom stereocenters. The van der Waals surface area contributed by atoms with Crippen molar-refractivity contribution in [3.05, 3.63) is 76.1 Å². The van der Waals surface area contributed by atoms with E-state index in [0.717, 1.165) is 0 Å². The first kappa shape index (κ1) is 26.1. The Labute approximate surface area is 218 Å². The van der Waals surface area contributed by atoms with Crippen molar-refractivity contribution in [2.24, 2.45) is 0 Å². The highest BCUT2D eigenvalue weighted by molar-refractivity contribution is 6.31. The molecule has 4 rings (SSSR count). The average molecular weight is 529 g/mol. The van der Waals surface area contributed by atoms with E-state index in [2.05, 4.69) is 5.32 Å². The van der Waals surface area contributed by atoms with Crippen LogP contribution in [0, 0.1) is 5.82 Å². The first-order valence-electron chi connectivity index (χ1n) is 11.2. The van der Waals surface area contributed by atoms with E-state index in [9.17, 15) is 14.0 Å². The SMILES string of the molecule is COc1ccc([C@@H]2[C@@H](C(=O)Nc3ccc(F)c(Cl)c3)c3cc(OC)c(OC)cc3C(=O)N2C)cc1OC. The van der Waals surface area contributed by atoms with Crippen LogP contribution < -0.4 is 24.3 Å². The normalized spacial score (nSPS) is 16.6. The number of anilines is 1. The van der Waals surface area contributed by atoms with Gasteiger partial charge in [0.05, 0.1) is 45.4 Å². The lowest BCUT2D eigenvalue weighted by Gasteiger charge is -2.40. The van der Waals surface area contributed by atoms with E-state index in [1.807, 2.05) is 0 Å². The number of hydrogen-bond donors (Lipinski definition) is 1. The second kappa shape index (κ2) is 10.6. The summed E-state index contributed by atoms with van der Waals surface area (Å²) < 4.78 is 35.4. The fourth-order valence-corrected chi connectivity index (χ4v) is 4.76. The van der Waals surface area contributed by atoms with Gasteiger partial charge >= 0.3 is 0 Å². The van der Waals surface area contributed by atoms with Crippen molar-refractivity contribution in [1.29, 1.82) is 0 Å². The molecule has 8 nitrogen and oxygen atoms in total. The zero-order chi connectivity index (χ0) is 26.9. The zero-order valence-corrected chi connectivity index (χ0v) is 21.7. The van der Waals surface area contributed by atoms with Crippen molar-refractivity contribution in [2.45, 2.75) is 12.0 Å². The third-order valence-electron chi connectivity index (χ3n) is 6.39. The van der Waals surface area contributed by atoms with Crippen LogP contribution in [-0.2, 0) is 4.79 Å². The number of nitrogens with one attached hydrogen (secondary N) is 1. The largest absolute Gasteiger partial charge is 0.493 e. The van der Waals surface area contributed by atoms with Crippen LogP contribution in [-0.4, -0.2) is 52.2 Å². The molecule has 0 aromatic heterocycles. The Morgan fingerprint density at radius 1 is 0.892 bits per heavy atom. The van der Waals surface area contributed by atoms with E-state index in [4.69, 9.17) is 30.5 Å². The minimum atomic E-state index is -0.889. The molecule has 0 saturated heterocycles. The molecule has 10 heteroatoms. The van der Waals surface area contributed by atoms with Crippen LogP contribution >= 0.6 is 11.6 Å². The van der Waals surface area contributed by atoms with Gasteiger partial charge < -0.3 is 29.2 Å². The maximum atomic E-state index is 13.9. The number of ether oxygens (including phenoxy) is 4. The Morgan fingerprint density at radius 3 is 2.14 bits per heavy atom. The molecular formula is C27H26ClFN2O6. The predicted molar refractivity (Wildman–Crippen MR) is 137 cm³/mol. The maximum absolute atomic E-state index is 13.9. The molecule has 0 spiro atoms. The van der Waals surface area contributed by atoms with E-state index < -0.39 is 23.7 Å². The number of rotatable bonds is 7. The highest BCUT2D eigenvalue weighted by Crippen LogP contribution is 2.47. The van der Waals surface area contributed by atoms with E-state index in [1.165, 1.54) is 51.5 Å². The summed E-state index contributed by atoms with van der Waals surface area (Å²) in [5.41, 5.74) is 1.70. The molecule has 0 aliphatic carbocycles. The van der Waals surface area contributed by atoms with Crippen molar-refractivity contribution >= 4 is 29.1 Å². The number of carbonyl (C=O) groups excluding carboxylic acids is 2. The van der Waals surface area contributed by atoms with Gasteiger partial charge in [-0.3, -0.25) is 9.59 Å². The summed E-state index contributed by atoms with van der Waals surface area (Å²) in [5, 5.41) is 2.69. The molecule has 2 amide bonds. The number of nitrogens with zero attached hydrogens (tertiary/aromatic N) is 1. The molecule has 1 aliphatic heterocycles. The first-order valence-corrected chi connectivity index (χ1v) is 11.6. The Morgan fingerprint density at radius 2 is 1.51 bits per heavy atom. The summed E-state index contributed by atoms with van der Waals surface area (Å²) in [5.74, 6) is -0.551. The molecule has 37 heavy (non-hydrogen) atoms. The lowest BCUT2D eigenvalue weighted by Crippen LogP contribution is -2.44. The van der Waals surface area contributed by atoms with Crippen LogP contribution in [0.25, 0.3) is 0 Å². The molecule has 0 fully saturated rings. The van der Waals surface area contributed by atoms with Crippen molar-refractivity contribution in [1.82, 2.24) is 4.90 Å². The highest BCUT2D eigenvalue weighted by atomic mass is 35.5. The number of carbonyl (C=O) groups is 2. The lowest BCUT2D eigenvalue weighted by atomic mass is 9.79. The van der Waals surface area contributed by atoms with Crippen LogP contribution in [0.4, 0.5) is 10.1 Å². The maximum Gasteiger partial charge on any atom is 0.254 e. The summed E-state index contributed by atoms with van der Waals surface area (Å²) in [6.45, 7) is 0. The van der Waals surface area contributed by atoms with Crippen LogP contribution in [0.1, 0.15) is 33.4 Å². The Hall–Kier alpha value is -3.98. The van der Waals surface area contributed by atoms with E-state index in [1.54, 1.807) is 37.4 Å². The quantitative estimate of drug-likeness (QED) is 0.461. The smallest absolute Gasteiger partial charge is 0.254 e. The second-order valence-electron chi connectivity index (χ2n) is 8.37. The molecule has 194 valence electrons. The van der Waals surface area contributed by atoms with Crippen molar-refractivity contribution < 1.29 is 32.9 Å². The number of benzene rings is 3. The van der Waals surface area contributed by atoms with Gasteiger partial charge in [-0.1, -0.05) is 17.7 Å². The molecule has 0 radical (unpaired) electrons. The molecule has 1 aliphatic rings. The number of likely N-dealkylation sites (N-methyl/N-ethyl adjacent to an activating group) is 1. The monoisotopic (exact) mass is 528 g/mol. The van der Waals surface area contributed by atoms with Gasteiger partial charge in [0, 0.05) is 18.3 Å². The first-order chi connectivity index (χ1) is 17.7. The van der Waals surface area contributed by atoms with Gasteiger partial charge in [-0.25, -0.2) is 4.39 Å². The molecule has 0 saturated carbocycles. The van der Waals surface area contributed by atoms with Gasteiger partial charge in [-0.05, 0) is 53.6 Å². The molecule has 1 N–H and O–H groups in total. The average Bonchev–Trinajstić information content (AvgIpc) is 2.91. The Balaban J connectivity index is 1.90. The fourth-order valence-electron chi connectivity index (χ4n) is 4.58. The van der Waals surface area contributed by atoms with E-state index >= 15 is 0 Å². The predicted octanol–water partition coefficient (Wildman–Crippen LogP) is 5.06. The summed E-state index contributed by atoms with van der Waals surface area (Å²) >= 11 is 5.93. The number of halogens is 2. The number of methoxy groups -OCH3 is 4. The summed E-state index contributed by atoms with van der Waals surface area (Å²) in [6.07, 6.45) is 0. The molecule has 0 bridgehead atoms. The van der Waals surface area contributed by atoms with Crippen LogP contribution in [0.2, 0.25) is 5.02 Å². The number of fused-ring (bicyclic) bond motifs is 1. The third-order valence-corrected chi connectivity index (χ3v) is 6.68. The van der Waals surface area contributed by atoms with Crippen molar-refractivity contribution in [2.75, 3.05) is 40.8 Å². The minimum absolute atomic E-state index is 0.128. The van der Waals surface area contributed by atoms with Crippen LogP contribution in [0.15, 0.2) is 48.5 Å². The van der Waals surface area contributed by atoms with E-state index in [-0.39, 0.29) is 10.9 Å². The second-order valence-corrected chi connectivity index (χ2v) is 8.77. The Kier molecular flexibility index (Phi) is 7.45. The number of hydrogen-bond acceptors (Lipinski definition) is 6. The van der Waals surface area contributed by atoms with Crippen LogP contribution in [0.5, 0.6) is 23.0 Å². The van der Waals surface area contributed by atoms with Gasteiger partial charge in [0.25, 0.3) is 5.91 Å². The fraction of sp³-hybridized carbons (Fsp3) is 0.259. The van der Waals surface area contributed by atoms with Gasteiger partial charge in [0.2, 0.25) is 5.91 Å². The lowest BCUT2D eigenvalue weighted by molar-refractivity contribution is -0.119. The van der Waals surface area contributed by atoms with Crippen molar-refractivity contribution in [3.63, 3.8) is 0 Å².